The van der Waals surface area contributed by atoms with Crippen LogP contribution in [0.2, 0.25) is 0 Å². The lowest BCUT2D eigenvalue weighted by atomic mass is 10.2. The van der Waals surface area contributed by atoms with Crippen LogP contribution in [0.1, 0.15) is 37.7 Å². The monoisotopic (exact) mass is 318 g/mol. The van der Waals surface area contributed by atoms with E-state index >= 15 is 0 Å². The summed E-state index contributed by atoms with van der Waals surface area (Å²) in [6.07, 6.45) is 5.82. The second-order valence-electron chi connectivity index (χ2n) is 5.56. The van der Waals surface area contributed by atoms with Crippen molar-refractivity contribution in [2.24, 2.45) is 4.99 Å². The predicted molar refractivity (Wildman–Crippen MR) is 84.7 cm³/mol. The first-order chi connectivity index (χ1) is 11.1. The summed E-state index contributed by atoms with van der Waals surface area (Å²) in [5.74, 6) is -0.0888. The van der Waals surface area contributed by atoms with Gasteiger partial charge in [-0.1, -0.05) is 18.2 Å². The fraction of sp³-hybridized carbons (Fsp3) is 0.500. The molecule has 0 aliphatic carbocycles. The van der Waals surface area contributed by atoms with E-state index in [1.165, 1.54) is 24.4 Å². The topological polar surface area (TPSA) is 98.9 Å². The summed E-state index contributed by atoms with van der Waals surface area (Å²) in [5.41, 5.74) is 0.0891. The van der Waals surface area contributed by atoms with Crippen molar-refractivity contribution in [3.63, 3.8) is 0 Å². The Kier molecular flexibility index (Phi) is 6.08. The molecule has 0 N–H and O–H groups in total. The van der Waals surface area contributed by atoms with Gasteiger partial charge in [0.1, 0.15) is 0 Å². The standard InChI is InChI=1S/C16H21N3O4/c20-15-7-6-14(19(22)23)11-13(15)12-17-8-4-10-18-9-3-1-2-5-16(18)21/h6-7,11-12,20H,1-5,8-10H2/p-1. The van der Waals surface area contributed by atoms with E-state index in [1.807, 2.05) is 4.90 Å². The number of amides is 1. The summed E-state index contributed by atoms with van der Waals surface area (Å²) in [7, 11) is 0. The first-order valence-corrected chi connectivity index (χ1v) is 7.81. The van der Waals surface area contributed by atoms with Gasteiger partial charge in [0.15, 0.2) is 0 Å². The van der Waals surface area contributed by atoms with Crippen LogP contribution in [0.3, 0.4) is 0 Å². The average molecular weight is 318 g/mol. The van der Waals surface area contributed by atoms with Crippen molar-refractivity contribution in [1.29, 1.82) is 0 Å². The minimum atomic E-state index is -0.540. The molecule has 0 radical (unpaired) electrons. The number of benzene rings is 1. The van der Waals surface area contributed by atoms with E-state index in [1.54, 1.807) is 0 Å². The molecular weight excluding hydrogens is 298 g/mol. The van der Waals surface area contributed by atoms with Gasteiger partial charge in [-0.3, -0.25) is 19.9 Å². The summed E-state index contributed by atoms with van der Waals surface area (Å²) in [4.78, 5) is 28.0. The Balaban J connectivity index is 1.83. The van der Waals surface area contributed by atoms with Crippen LogP contribution in [0.25, 0.3) is 0 Å². The van der Waals surface area contributed by atoms with Crippen molar-refractivity contribution in [3.05, 3.63) is 33.9 Å². The van der Waals surface area contributed by atoms with Crippen LogP contribution in [0, 0.1) is 10.1 Å². The Bertz CT molecular complexity index is 601. The van der Waals surface area contributed by atoms with Crippen molar-refractivity contribution in [3.8, 4) is 5.75 Å². The molecule has 7 nitrogen and oxygen atoms in total. The number of nitrogens with zero attached hydrogens (tertiary/aromatic N) is 3. The predicted octanol–water partition coefficient (Wildman–Crippen LogP) is 1.88. The second kappa shape index (κ2) is 8.26. The minimum absolute atomic E-state index is 0.124. The third-order valence-electron chi connectivity index (χ3n) is 3.82. The van der Waals surface area contributed by atoms with Crippen molar-refractivity contribution in [1.82, 2.24) is 4.90 Å². The van der Waals surface area contributed by atoms with Crippen LogP contribution in [-0.2, 0) is 4.79 Å². The van der Waals surface area contributed by atoms with Gasteiger partial charge in [0, 0.05) is 44.4 Å². The van der Waals surface area contributed by atoms with Crippen LogP contribution in [0.15, 0.2) is 23.2 Å². The molecule has 1 heterocycles. The van der Waals surface area contributed by atoms with Crippen LogP contribution in [0.4, 0.5) is 5.69 Å². The Morgan fingerprint density at radius 3 is 2.91 bits per heavy atom. The minimum Gasteiger partial charge on any atom is -0.872 e. The van der Waals surface area contributed by atoms with E-state index in [0.29, 0.717) is 25.9 Å². The maximum absolute atomic E-state index is 11.8. The lowest BCUT2D eigenvalue weighted by Crippen LogP contribution is -2.31. The first kappa shape index (κ1) is 16.9. The molecule has 1 aromatic rings. The highest BCUT2D eigenvalue weighted by atomic mass is 16.6. The number of carbonyl (C=O) groups is 1. The molecule has 0 aromatic heterocycles. The Morgan fingerprint density at radius 1 is 1.30 bits per heavy atom. The number of hydrogen-bond acceptors (Lipinski definition) is 5. The SMILES string of the molecule is O=C1CCCCCN1CCCN=Cc1cc([N+](=O)[O-])ccc1[O-]. The van der Waals surface area contributed by atoms with Gasteiger partial charge in [0.2, 0.25) is 5.91 Å². The number of carbonyl (C=O) groups excluding carboxylic acids is 1. The van der Waals surface area contributed by atoms with Gasteiger partial charge in [-0.25, -0.2) is 0 Å². The Hall–Kier alpha value is -2.44. The van der Waals surface area contributed by atoms with Crippen molar-refractivity contribution in [2.45, 2.75) is 32.1 Å². The van der Waals surface area contributed by atoms with Gasteiger partial charge in [0.05, 0.1) is 4.92 Å². The van der Waals surface area contributed by atoms with E-state index in [0.717, 1.165) is 25.8 Å². The largest absolute Gasteiger partial charge is 0.872 e. The van der Waals surface area contributed by atoms with Gasteiger partial charge in [-0.2, -0.15) is 0 Å². The number of non-ortho nitro benzene ring substituents is 1. The highest BCUT2D eigenvalue weighted by molar-refractivity contribution is 5.84. The summed E-state index contributed by atoms with van der Waals surface area (Å²) in [6, 6.07) is 3.59. The summed E-state index contributed by atoms with van der Waals surface area (Å²) in [6.45, 7) is 1.94. The third-order valence-corrected chi connectivity index (χ3v) is 3.82. The highest BCUT2D eigenvalue weighted by Crippen LogP contribution is 2.19. The number of aliphatic imine (C=N–C) groups is 1. The molecule has 1 fully saturated rings. The highest BCUT2D eigenvalue weighted by Gasteiger charge is 2.15. The van der Waals surface area contributed by atoms with E-state index in [9.17, 15) is 20.0 Å². The molecule has 1 amide bonds. The number of nitro groups is 1. The zero-order valence-corrected chi connectivity index (χ0v) is 12.9. The zero-order chi connectivity index (χ0) is 16.7. The maximum atomic E-state index is 11.8. The molecule has 0 unspecified atom stereocenters. The molecule has 1 aromatic carbocycles. The second-order valence-corrected chi connectivity index (χ2v) is 5.56. The van der Waals surface area contributed by atoms with Crippen molar-refractivity contribution in [2.75, 3.05) is 19.6 Å². The van der Waals surface area contributed by atoms with E-state index < -0.39 is 4.92 Å². The van der Waals surface area contributed by atoms with Gasteiger partial charge >= 0.3 is 0 Å². The molecule has 0 saturated carbocycles. The summed E-state index contributed by atoms with van der Waals surface area (Å²) < 4.78 is 0. The summed E-state index contributed by atoms with van der Waals surface area (Å²) >= 11 is 0. The number of hydrogen-bond donors (Lipinski definition) is 0. The van der Waals surface area contributed by atoms with Crippen LogP contribution < -0.4 is 5.11 Å². The van der Waals surface area contributed by atoms with Gasteiger partial charge in [-0.15, -0.1) is 0 Å². The molecule has 1 aliphatic rings. The zero-order valence-electron chi connectivity index (χ0n) is 12.9. The fourth-order valence-electron chi connectivity index (χ4n) is 2.54. The third kappa shape index (κ3) is 5.05. The molecule has 7 heteroatoms. The fourth-order valence-corrected chi connectivity index (χ4v) is 2.54. The molecule has 0 bridgehead atoms. The molecule has 1 aliphatic heterocycles. The van der Waals surface area contributed by atoms with Gasteiger partial charge in [0.25, 0.3) is 5.69 Å². The van der Waals surface area contributed by atoms with E-state index in [4.69, 9.17) is 0 Å². The Morgan fingerprint density at radius 2 is 2.13 bits per heavy atom. The van der Waals surface area contributed by atoms with E-state index in [-0.39, 0.29) is 22.9 Å². The lowest BCUT2D eigenvalue weighted by Gasteiger charge is -2.19. The smallest absolute Gasteiger partial charge is 0.270 e. The molecule has 1 saturated heterocycles. The Labute approximate surface area is 134 Å². The van der Waals surface area contributed by atoms with Crippen LogP contribution in [-0.4, -0.2) is 41.6 Å². The van der Waals surface area contributed by atoms with Crippen LogP contribution in [0.5, 0.6) is 5.75 Å². The maximum Gasteiger partial charge on any atom is 0.270 e. The lowest BCUT2D eigenvalue weighted by molar-refractivity contribution is -0.385. The number of rotatable bonds is 6. The average Bonchev–Trinajstić information content (AvgIpc) is 2.73. The molecule has 0 spiro atoms. The van der Waals surface area contributed by atoms with Crippen molar-refractivity contribution >= 4 is 17.8 Å². The summed E-state index contributed by atoms with van der Waals surface area (Å²) in [5, 5.41) is 22.3. The number of nitro benzene ring substituents is 1. The quantitative estimate of drug-likeness (QED) is 0.346. The normalized spacial score (nSPS) is 15.8. The van der Waals surface area contributed by atoms with Gasteiger partial charge < -0.3 is 10.0 Å². The molecule has 124 valence electrons. The molecule has 23 heavy (non-hydrogen) atoms. The first-order valence-electron chi connectivity index (χ1n) is 7.81. The van der Waals surface area contributed by atoms with E-state index in [2.05, 4.69) is 4.99 Å². The molecule has 2 rings (SSSR count). The molecule has 0 atom stereocenters. The molecular formula is C16H20N3O4-. The number of likely N-dealkylation sites (tertiary alicyclic amines) is 1. The van der Waals surface area contributed by atoms with Crippen molar-refractivity contribution < 1.29 is 14.8 Å². The van der Waals surface area contributed by atoms with Crippen LogP contribution >= 0.6 is 0 Å². The van der Waals surface area contributed by atoms with Gasteiger partial charge in [-0.05, 0) is 24.8 Å².